The number of rotatable bonds is 2. The van der Waals surface area contributed by atoms with Crippen molar-refractivity contribution in [1.82, 2.24) is 0 Å². The van der Waals surface area contributed by atoms with Crippen LogP contribution in [-0.4, -0.2) is 11.1 Å². The number of hydrogen-bond donors (Lipinski definition) is 1. The topological polar surface area (TPSA) is 40.5 Å². The minimum absolute atomic E-state index is 0.370. The molecule has 0 heterocycles. The molecule has 0 aliphatic carbocycles. The van der Waals surface area contributed by atoms with Gasteiger partial charge in [0.2, 0.25) is 0 Å². The highest BCUT2D eigenvalue weighted by Crippen LogP contribution is 2.22. The van der Waals surface area contributed by atoms with Crippen molar-refractivity contribution in [2.45, 2.75) is 0 Å². The van der Waals surface area contributed by atoms with Crippen LogP contribution in [0.1, 0.15) is 10.4 Å². The third-order valence-electron chi connectivity index (χ3n) is 3.26. The monoisotopic (exact) mass is 297 g/mol. The van der Waals surface area contributed by atoms with Crippen molar-refractivity contribution < 1.29 is 10.0 Å². The van der Waals surface area contributed by atoms with E-state index in [1.165, 1.54) is 0 Å². The first-order valence-electron chi connectivity index (χ1n) is 6.43. The lowest BCUT2D eigenvalue weighted by Gasteiger charge is -2.15. The predicted octanol–water partition coefficient (Wildman–Crippen LogP) is 4.53. The summed E-state index contributed by atoms with van der Waals surface area (Å²) in [5, 5.41) is 13.3. The molecule has 0 saturated carbocycles. The Kier molecular flexibility index (Phi) is 3.60. The van der Waals surface area contributed by atoms with E-state index in [4.69, 9.17) is 11.6 Å². The number of halogens is 1. The van der Waals surface area contributed by atoms with E-state index in [0.717, 1.165) is 10.8 Å². The molecule has 3 aromatic rings. The molecule has 0 saturated heterocycles. The largest absolute Gasteiger partial charge is 0.281 e. The Morgan fingerprint density at radius 2 is 1.57 bits per heavy atom. The highest BCUT2D eigenvalue weighted by molar-refractivity contribution is 6.30. The van der Waals surface area contributed by atoms with Crippen molar-refractivity contribution >= 4 is 34.0 Å². The van der Waals surface area contributed by atoms with Crippen LogP contribution in [0.4, 0.5) is 5.69 Å². The molecule has 1 N–H and O–H groups in total. The van der Waals surface area contributed by atoms with Crippen molar-refractivity contribution in [1.29, 1.82) is 0 Å². The molecule has 0 atom stereocenters. The number of carbonyl (C=O) groups excluding carboxylic acids is 1. The second-order valence-electron chi connectivity index (χ2n) is 4.66. The van der Waals surface area contributed by atoms with Crippen LogP contribution in [0, 0.1) is 0 Å². The molecule has 3 nitrogen and oxygen atoms in total. The maximum atomic E-state index is 12.2. The van der Waals surface area contributed by atoms with Crippen LogP contribution in [0.5, 0.6) is 0 Å². The van der Waals surface area contributed by atoms with E-state index in [1.807, 2.05) is 30.3 Å². The van der Waals surface area contributed by atoms with E-state index in [1.54, 1.807) is 36.4 Å². The lowest BCUT2D eigenvalue weighted by Crippen LogP contribution is -2.26. The Morgan fingerprint density at radius 3 is 2.29 bits per heavy atom. The van der Waals surface area contributed by atoms with Gasteiger partial charge in [0, 0.05) is 10.6 Å². The molecule has 4 heteroatoms. The Hall–Kier alpha value is -2.36. The second-order valence-corrected chi connectivity index (χ2v) is 5.09. The van der Waals surface area contributed by atoms with E-state index < -0.39 is 5.91 Å². The van der Waals surface area contributed by atoms with Gasteiger partial charge in [-0.05, 0) is 47.2 Å². The minimum Gasteiger partial charge on any atom is -0.281 e. The van der Waals surface area contributed by atoms with Crippen LogP contribution < -0.4 is 5.06 Å². The zero-order valence-corrected chi connectivity index (χ0v) is 11.8. The van der Waals surface area contributed by atoms with Crippen LogP contribution in [0.2, 0.25) is 5.02 Å². The summed E-state index contributed by atoms with van der Waals surface area (Å²) in [5.74, 6) is -0.498. The molecule has 0 radical (unpaired) electrons. The van der Waals surface area contributed by atoms with E-state index in [0.29, 0.717) is 21.3 Å². The molecule has 0 aromatic heterocycles. The summed E-state index contributed by atoms with van der Waals surface area (Å²) in [6.45, 7) is 0. The quantitative estimate of drug-likeness (QED) is 0.557. The molecule has 3 aromatic carbocycles. The van der Waals surface area contributed by atoms with Crippen LogP contribution in [0.15, 0.2) is 66.7 Å². The molecule has 0 aliphatic heterocycles. The predicted molar refractivity (Wildman–Crippen MR) is 84.0 cm³/mol. The fourth-order valence-electron chi connectivity index (χ4n) is 2.14. The van der Waals surface area contributed by atoms with Gasteiger partial charge in [-0.25, -0.2) is 0 Å². The fraction of sp³-hybridized carbons (Fsp3) is 0. The number of benzene rings is 3. The number of hydroxylamine groups is 1. The summed E-state index contributed by atoms with van der Waals surface area (Å²) in [6.07, 6.45) is 0. The van der Waals surface area contributed by atoms with Gasteiger partial charge in [-0.3, -0.25) is 10.0 Å². The number of hydrogen-bond acceptors (Lipinski definition) is 2. The maximum absolute atomic E-state index is 12.2. The molecule has 0 bridgehead atoms. The van der Waals surface area contributed by atoms with Crippen molar-refractivity contribution in [3.8, 4) is 0 Å². The van der Waals surface area contributed by atoms with Gasteiger partial charge in [-0.15, -0.1) is 0 Å². The molecule has 3 rings (SSSR count). The third-order valence-corrected chi connectivity index (χ3v) is 3.51. The van der Waals surface area contributed by atoms with E-state index in [2.05, 4.69) is 0 Å². The first kappa shape index (κ1) is 13.6. The first-order chi connectivity index (χ1) is 10.1. The summed E-state index contributed by atoms with van der Waals surface area (Å²) < 4.78 is 0. The summed E-state index contributed by atoms with van der Waals surface area (Å²) in [7, 11) is 0. The normalized spacial score (nSPS) is 10.6. The summed E-state index contributed by atoms with van der Waals surface area (Å²) in [6, 6.07) is 19.5. The summed E-state index contributed by atoms with van der Waals surface area (Å²) >= 11 is 5.79. The van der Waals surface area contributed by atoms with Crippen molar-refractivity contribution in [3.05, 3.63) is 77.3 Å². The molecule has 0 unspecified atom stereocenters. The molecule has 21 heavy (non-hydrogen) atoms. The molecular weight excluding hydrogens is 286 g/mol. The number of nitrogens with zero attached hydrogens (tertiary/aromatic N) is 1. The lowest BCUT2D eigenvalue weighted by atomic mass is 10.1. The third kappa shape index (κ3) is 2.75. The molecule has 0 aliphatic rings. The Morgan fingerprint density at radius 1 is 0.905 bits per heavy atom. The number of fused-ring (bicyclic) bond motifs is 1. The van der Waals surface area contributed by atoms with Gasteiger partial charge in [-0.1, -0.05) is 41.9 Å². The highest BCUT2D eigenvalue weighted by atomic mass is 35.5. The van der Waals surface area contributed by atoms with Gasteiger partial charge >= 0.3 is 0 Å². The molecular formula is C17H12ClNO2. The van der Waals surface area contributed by atoms with Crippen LogP contribution in [0.3, 0.4) is 0 Å². The van der Waals surface area contributed by atoms with Crippen LogP contribution in [0.25, 0.3) is 10.8 Å². The lowest BCUT2D eigenvalue weighted by molar-refractivity contribution is 0.0855. The van der Waals surface area contributed by atoms with Crippen LogP contribution in [-0.2, 0) is 0 Å². The molecule has 0 fully saturated rings. The summed E-state index contributed by atoms with van der Waals surface area (Å²) in [4.78, 5) is 12.2. The Labute approximate surface area is 127 Å². The zero-order valence-electron chi connectivity index (χ0n) is 11.0. The maximum Gasteiger partial charge on any atom is 0.281 e. The van der Waals surface area contributed by atoms with Crippen molar-refractivity contribution in [2.24, 2.45) is 0 Å². The first-order valence-corrected chi connectivity index (χ1v) is 6.81. The Bertz CT molecular complexity index is 799. The summed E-state index contributed by atoms with van der Waals surface area (Å²) in [5.41, 5.74) is 0.795. The van der Waals surface area contributed by atoms with Gasteiger partial charge < -0.3 is 0 Å². The molecule has 104 valence electrons. The number of anilines is 1. The highest BCUT2D eigenvalue weighted by Gasteiger charge is 2.15. The number of carbonyl (C=O) groups is 1. The average molecular weight is 298 g/mol. The second kappa shape index (κ2) is 5.56. The van der Waals surface area contributed by atoms with Crippen molar-refractivity contribution in [3.63, 3.8) is 0 Å². The van der Waals surface area contributed by atoms with Crippen molar-refractivity contribution in [2.75, 3.05) is 5.06 Å². The molecule has 1 amide bonds. The van der Waals surface area contributed by atoms with E-state index in [-0.39, 0.29) is 0 Å². The standard InChI is InChI=1S/C17H12ClNO2/c18-15-8-5-13(6-9-15)17(20)19(21)16-10-7-12-3-1-2-4-14(12)11-16/h1-11,21H. The molecule has 0 spiro atoms. The van der Waals surface area contributed by atoms with Gasteiger partial charge in [0.25, 0.3) is 5.91 Å². The van der Waals surface area contributed by atoms with Crippen LogP contribution >= 0.6 is 11.6 Å². The van der Waals surface area contributed by atoms with Gasteiger partial charge in [0.05, 0.1) is 5.69 Å². The smallest absolute Gasteiger partial charge is 0.281 e. The number of amides is 1. The van der Waals surface area contributed by atoms with E-state index >= 15 is 0 Å². The average Bonchev–Trinajstić information content (AvgIpc) is 2.54. The fourth-order valence-corrected chi connectivity index (χ4v) is 2.27. The Balaban J connectivity index is 1.93. The van der Waals surface area contributed by atoms with Gasteiger partial charge in [0.15, 0.2) is 0 Å². The SMILES string of the molecule is O=C(c1ccc(Cl)cc1)N(O)c1ccc2ccccc2c1. The van der Waals surface area contributed by atoms with E-state index in [9.17, 15) is 10.0 Å². The van der Waals surface area contributed by atoms with Gasteiger partial charge in [0.1, 0.15) is 0 Å². The minimum atomic E-state index is -0.498. The zero-order chi connectivity index (χ0) is 14.8. The van der Waals surface area contributed by atoms with Gasteiger partial charge in [-0.2, -0.15) is 5.06 Å².